The van der Waals surface area contributed by atoms with Crippen molar-refractivity contribution in [3.8, 4) is 0 Å². The van der Waals surface area contributed by atoms with Gasteiger partial charge in [0, 0.05) is 26.7 Å². The van der Waals surface area contributed by atoms with Crippen LogP contribution in [0.15, 0.2) is 0 Å². The van der Waals surface area contributed by atoms with Gasteiger partial charge in [-0.25, -0.2) is 4.98 Å². The third-order valence-electron chi connectivity index (χ3n) is 2.87. The number of anilines is 2. The van der Waals surface area contributed by atoms with Crippen LogP contribution in [0.5, 0.6) is 0 Å². The van der Waals surface area contributed by atoms with Crippen molar-refractivity contribution in [2.75, 3.05) is 37.8 Å². The number of hydrogen-bond acceptors (Lipinski definition) is 6. The molecule has 0 aliphatic heterocycles. The molecular weight excluding hydrogens is 276 g/mol. The molecule has 0 radical (unpaired) electrons. The highest BCUT2D eigenvalue weighted by Crippen LogP contribution is 2.26. The second-order valence-electron chi connectivity index (χ2n) is 4.67. The Morgan fingerprint density at radius 2 is 2.20 bits per heavy atom. The molecule has 4 N–H and O–H groups in total. The minimum Gasteiger partial charge on any atom is -0.396 e. The number of carbonyl (C=O) groups is 1. The minimum absolute atomic E-state index is 0.0893. The van der Waals surface area contributed by atoms with E-state index in [0.717, 1.165) is 32.2 Å². The maximum atomic E-state index is 12.3. The van der Waals surface area contributed by atoms with Crippen molar-refractivity contribution >= 4 is 28.2 Å². The van der Waals surface area contributed by atoms with Crippen LogP contribution in [-0.2, 0) is 0 Å². The summed E-state index contributed by atoms with van der Waals surface area (Å²) in [7, 11) is 1.76. The Bertz CT molecular complexity index is 423. The van der Waals surface area contributed by atoms with E-state index >= 15 is 0 Å². The van der Waals surface area contributed by atoms with E-state index in [2.05, 4.69) is 17.2 Å². The van der Waals surface area contributed by atoms with Gasteiger partial charge in [-0.05, 0) is 25.7 Å². The molecule has 0 fully saturated rings. The van der Waals surface area contributed by atoms with E-state index in [9.17, 15) is 4.79 Å². The summed E-state index contributed by atoms with van der Waals surface area (Å²) in [6.07, 6.45) is 3.56. The Morgan fingerprint density at radius 3 is 2.85 bits per heavy atom. The number of carbonyl (C=O) groups excluding carboxylic acids is 1. The number of aliphatic hydroxyl groups is 1. The quantitative estimate of drug-likeness (QED) is 0.605. The number of nitrogen functional groups attached to an aromatic ring is 1. The molecule has 0 aliphatic carbocycles. The number of nitrogens with zero attached hydrogens (tertiary/aromatic N) is 2. The first kappa shape index (κ1) is 16.7. The second kappa shape index (κ2) is 8.76. The highest BCUT2D eigenvalue weighted by molar-refractivity contribution is 7.18. The molecule has 0 aromatic carbocycles. The number of amides is 1. The van der Waals surface area contributed by atoms with Gasteiger partial charge in [-0.15, -0.1) is 0 Å². The Kier molecular flexibility index (Phi) is 7.32. The van der Waals surface area contributed by atoms with Crippen LogP contribution < -0.4 is 11.1 Å². The molecule has 0 saturated heterocycles. The van der Waals surface area contributed by atoms with Gasteiger partial charge in [0.15, 0.2) is 5.13 Å². The first-order valence-corrected chi connectivity index (χ1v) is 7.78. The average molecular weight is 300 g/mol. The molecule has 1 amide bonds. The van der Waals surface area contributed by atoms with Gasteiger partial charge in [0.2, 0.25) is 0 Å². The maximum Gasteiger partial charge on any atom is 0.267 e. The van der Waals surface area contributed by atoms with Gasteiger partial charge in [-0.3, -0.25) is 4.79 Å². The largest absolute Gasteiger partial charge is 0.396 e. The number of thiazole rings is 1. The molecule has 0 atom stereocenters. The zero-order chi connectivity index (χ0) is 15.0. The Morgan fingerprint density at radius 1 is 1.45 bits per heavy atom. The molecule has 1 rings (SSSR count). The van der Waals surface area contributed by atoms with Crippen LogP contribution in [0.2, 0.25) is 0 Å². The van der Waals surface area contributed by atoms with E-state index in [-0.39, 0.29) is 12.5 Å². The number of hydrogen-bond donors (Lipinski definition) is 3. The van der Waals surface area contributed by atoms with E-state index < -0.39 is 0 Å². The van der Waals surface area contributed by atoms with Gasteiger partial charge < -0.3 is 21.1 Å². The molecule has 0 bridgehead atoms. The molecule has 0 aliphatic rings. The standard InChI is InChI=1S/C13H24N4O2S/c1-3-7-15-13-16-11(14)10(20-13)12(19)17(2)8-5-4-6-9-18/h18H,3-9,14H2,1-2H3,(H,15,16). The third-order valence-corrected chi connectivity index (χ3v) is 3.89. The van der Waals surface area contributed by atoms with Gasteiger partial charge in [-0.2, -0.15) is 0 Å². The molecular formula is C13H24N4O2S. The van der Waals surface area contributed by atoms with Crippen molar-refractivity contribution in [3.05, 3.63) is 4.88 Å². The predicted octanol–water partition coefficient (Wildman–Crippen LogP) is 1.78. The van der Waals surface area contributed by atoms with Crippen LogP contribution >= 0.6 is 11.3 Å². The topological polar surface area (TPSA) is 91.5 Å². The van der Waals surface area contributed by atoms with E-state index in [1.807, 2.05) is 0 Å². The lowest BCUT2D eigenvalue weighted by molar-refractivity contribution is 0.0797. The van der Waals surface area contributed by atoms with Crippen LogP contribution in [-0.4, -0.2) is 47.6 Å². The molecule has 1 aromatic heterocycles. The Hall–Kier alpha value is -1.34. The fraction of sp³-hybridized carbons (Fsp3) is 0.692. The summed E-state index contributed by atoms with van der Waals surface area (Å²) >= 11 is 1.30. The van der Waals surface area contributed by atoms with Crippen molar-refractivity contribution in [2.24, 2.45) is 0 Å². The van der Waals surface area contributed by atoms with E-state index in [1.54, 1.807) is 11.9 Å². The van der Waals surface area contributed by atoms with Crippen molar-refractivity contribution in [2.45, 2.75) is 32.6 Å². The fourth-order valence-electron chi connectivity index (χ4n) is 1.71. The van der Waals surface area contributed by atoms with Gasteiger partial charge in [-0.1, -0.05) is 18.3 Å². The SMILES string of the molecule is CCCNc1nc(N)c(C(=O)N(C)CCCCCO)s1. The highest BCUT2D eigenvalue weighted by atomic mass is 32.1. The zero-order valence-corrected chi connectivity index (χ0v) is 13.0. The van der Waals surface area contributed by atoms with Crippen LogP contribution in [0, 0.1) is 0 Å². The normalized spacial score (nSPS) is 10.6. The van der Waals surface area contributed by atoms with E-state index in [1.165, 1.54) is 11.3 Å². The van der Waals surface area contributed by atoms with Crippen LogP contribution in [0.3, 0.4) is 0 Å². The Balaban J connectivity index is 2.55. The van der Waals surface area contributed by atoms with Crippen LogP contribution in [0.4, 0.5) is 10.9 Å². The molecule has 7 heteroatoms. The molecule has 0 saturated carbocycles. The summed E-state index contributed by atoms with van der Waals surface area (Å²) in [4.78, 5) is 18.6. The second-order valence-corrected chi connectivity index (χ2v) is 5.67. The van der Waals surface area contributed by atoms with Crippen molar-refractivity contribution in [3.63, 3.8) is 0 Å². The molecule has 6 nitrogen and oxygen atoms in total. The molecule has 114 valence electrons. The summed E-state index contributed by atoms with van der Waals surface area (Å²) in [5, 5.41) is 12.6. The van der Waals surface area contributed by atoms with Crippen molar-refractivity contribution in [1.29, 1.82) is 0 Å². The minimum atomic E-state index is -0.0893. The first-order chi connectivity index (χ1) is 9.60. The summed E-state index contributed by atoms with van der Waals surface area (Å²) in [6.45, 7) is 3.74. The van der Waals surface area contributed by atoms with Crippen LogP contribution in [0.25, 0.3) is 0 Å². The summed E-state index contributed by atoms with van der Waals surface area (Å²) in [5.41, 5.74) is 5.81. The lowest BCUT2D eigenvalue weighted by Crippen LogP contribution is -2.27. The monoisotopic (exact) mass is 300 g/mol. The summed E-state index contributed by atoms with van der Waals surface area (Å²) in [6, 6.07) is 0. The first-order valence-electron chi connectivity index (χ1n) is 6.96. The lowest BCUT2D eigenvalue weighted by Gasteiger charge is -2.15. The smallest absolute Gasteiger partial charge is 0.267 e. The molecule has 0 unspecified atom stereocenters. The number of rotatable bonds is 9. The molecule has 1 aromatic rings. The highest BCUT2D eigenvalue weighted by Gasteiger charge is 2.19. The van der Waals surface area contributed by atoms with E-state index in [0.29, 0.717) is 22.4 Å². The van der Waals surface area contributed by atoms with Crippen molar-refractivity contribution < 1.29 is 9.90 Å². The van der Waals surface area contributed by atoms with Crippen LogP contribution in [0.1, 0.15) is 42.3 Å². The zero-order valence-electron chi connectivity index (χ0n) is 12.2. The summed E-state index contributed by atoms with van der Waals surface area (Å²) < 4.78 is 0. The fourth-order valence-corrected chi connectivity index (χ4v) is 2.61. The van der Waals surface area contributed by atoms with Gasteiger partial charge in [0.05, 0.1) is 0 Å². The number of nitrogens with one attached hydrogen (secondary N) is 1. The molecule has 0 spiro atoms. The van der Waals surface area contributed by atoms with E-state index in [4.69, 9.17) is 10.8 Å². The van der Waals surface area contributed by atoms with Crippen molar-refractivity contribution in [1.82, 2.24) is 9.88 Å². The number of unbranched alkanes of at least 4 members (excludes halogenated alkanes) is 2. The third kappa shape index (κ3) is 4.97. The summed E-state index contributed by atoms with van der Waals surface area (Å²) in [5.74, 6) is 0.203. The predicted molar refractivity (Wildman–Crippen MR) is 83.2 cm³/mol. The van der Waals surface area contributed by atoms with Gasteiger partial charge >= 0.3 is 0 Å². The number of nitrogens with two attached hydrogens (primary N) is 1. The van der Waals surface area contributed by atoms with Gasteiger partial charge in [0.25, 0.3) is 5.91 Å². The molecule has 1 heterocycles. The molecule has 20 heavy (non-hydrogen) atoms. The maximum absolute atomic E-state index is 12.3. The Labute approximate surface area is 124 Å². The average Bonchev–Trinajstić information content (AvgIpc) is 2.81. The van der Waals surface area contributed by atoms with Gasteiger partial charge in [0.1, 0.15) is 10.7 Å². The number of aromatic nitrogens is 1. The number of aliphatic hydroxyl groups excluding tert-OH is 1. The lowest BCUT2D eigenvalue weighted by atomic mass is 10.2.